The molecule has 18 heavy (non-hydrogen) atoms. The minimum Gasteiger partial charge on any atom is -0.354 e. The van der Waals surface area contributed by atoms with Crippen molar-refractivity contribution < 1.29 is 0 Å². The van der Waals surface area contributed by atoms with Gasteiger partial charge in [-0.2, -0.15) is 16.9 Å². The Morgan fingerprint density at radius 3 is 2.50 bits per heavy atom. The second-order valence-corrected chi connectivity index (χ2v) is 5.46. The number of rotatable bonds is 6. The summed E-state index contributed by atoms with van der Waals surface area (Å²) >= 11 is 1.86. The van der Waals surface area contributed by atoms with Crippen molar-refractivity contribution in [1.82, 2.24) is 10.2 Å². The van der Waals surface area contributed by atoms with Crippen molar-refractivity contribution in [2.45, 2.75) is 39.8 Å². The molecule has 0 amide bonds. The zero-order valence-corrected chi connectivity index (χ0v) is 12.8. The lowest BCUT2D eigenvalue weighted by atomic mass is 10.1. The Kier molecular flexibility index (Phi) is 5.88. The largest absolute Gasteiger partial charge is 0.354 e. The standard InChI is InChI=1S/C13H24N4S/c1-6-11(8-18-5)17(4)13-12(7-14)9(2)10(3)15-16-13/h11H,6-8,14H2,1-5H3. The predicted molar refractivity (Wildman–Crippen MR) is 80.3 cm³/mol. The third-order valence-corrected chi connectivity index (χ3v) is 4.19. The molecule has 1 unspecified atom stereocenters. The van der Waals surface area contributed by atoms with Gasteiger partial charge in [0.2, 0.25) is 0 Å². The van der Waals surface area contributed by atoms with Crippen LogP contribution in [-0.2, 0) is 6.54 Å². The molecule has 1 rings (SSSR count). The summed E-state index contributed by atoms with van der Waals surface area (Å²) in [5, 5.41) is 8.58. The predicted octanol–water partition coefficient (Wildman–Crippen LogP) is 2.13. The molecule has 0 aliphatic carbocycles. The van der Waals surface area contributed by atoms with Crippen molar-refractivity contribution in [2.24, 2.45) is 5.73 Å². The highest BCUT2D eigenvalue weighted by Gasteiger charge is 2.19. The van der Waals surface area contributed by atoms with Crippen LogP contribution in [0.1, 0.15) is 30.2 Å². The summed E-state index contributed by atoms with van der Waals surface area (Å²) in [5.41, 5.74) is 9.11. The molecule has 5 heteroatoms. The van der Waals surface area contributed by atoms with E-state index in [2.05, 4.69) is 42.2 Å². The van der Waals surface area contributed by atoms with Crippen molar-refractivity contribution in [3.05, 3.63) is 16.8 Å². The van der Waals surface area contributed by atoms with Crippen LogP contribution < -0.4 is 10.6 Å². The summed E-state index contributed by atoms with van der Waals surface area (Å²) in [6.45, 7) is 6.76. The number of nitrogens with zero attached hydrogens (tertiary/aromatic N) is 3. The fraction of sp³-hybridized carbons (Fsp3) is 0.692. The van der Waals surface area contributed by atoms with E-state index in [1.807, 2.05) is 18.7 Å². The fourth-order valence-electron chi connectivity index (χ4n) is 2.04. The van der Waals surface area contributed by atoms with Crippen LogP contribution in [0.5, 0.6) is 0 Å². The van der Waals surface area contributed by atoms with Gasteiger partial charge < -0.3 is 10.6 Å². The van der Waals surface area contributed by atoms with Gasteiger partial charge >= 0.3 is 0 Å². The van der Waals surface area contributed by atoms with Crippen LogP contribution in [0.4, 0.5) is 5.82 Å². The quantitative estimate of drug-likeness (QED) is 0.856. The van der Waals surface area contributed by atoms with E-state index in [4.69, 9.17) is 5.73 Å². The molecule has 1 heterocycles. The van der Waals surface area contributed by atoms with Gasteiger partial charge in [-0.1, -0.05) is 6.92 Å². The second kappa shape index (κ2) is 6.95. The maximum atomic E-state index is 5.87. The van der Waals surface area contributed by atoms with E-state index >= 15 is 0 Å². The summed E-state index contributed by atoms with van der Waals surface area (Å²) in [4.78, 5) is 2.22. The molecule has 0 aliphatic rings. The molecule has 1 aromatic rings. The third kappa shape index (κ3) is 3.14. The highest BCUT2D eigenvalue weighted by atomic mass is 32.2. The zero-order valence-electron chi connectivity index (χ0n) is 12.0. The zero-order chi connectivity index (χ0) is 13.7. The van der Waals surface area contributed by atoms with Crippen LogP contribution in [0.25, 0.3) is 0 Å². The molecular formula is C13H24N4S. The first-order valence-electron chi connectivity index (χ1n) is 6.31. The minimum absolute atomic E-state index is 0.474. The summed E-state index contributed by atoms with van der Waals surface area (Å²) < 4.78 is 0. The fourth-order valence-corrected chi connectivity index (χ4v) is 2.88. The SMILES string of the molecule is CCC(CSC)N(C)c1nnc(C)c(C)c1CN. The van der Waals surface area contributed by atoms with Gasteiger partial charge in [0, 0.05) is 31.0 Å². The van der Waals surface area contributed by atoms with Crippen LogP contribution >= 0.6 is 11.8 Å². The maximum absolute atomic E-state index is 5.87. The molecule has 1 aromatic heterocycles. The van der Waals surface area contributed by atoms with Gasteiger partial charge in [0.1, 0.15) is 0 Å². The van der Waals surface area contributed by atoms with Crippen LogP contribution in [0, 0.1) is 13.8 Å². The highest BCUT2D eigenvalue weighted by molar-refractivity contribution is 7.98. The topological polar surface area (TPSA) is 55.0 Å². The molecule has 0 aromatic carbocycles. The van der Waals surface area contributed by atoms with Crippen LogP contribution in [0.15, 0.2) is 0 Å². The van der Waals surface area contributed by atoms with Gasteiger partial charge in [-0.25, -0.2) is 0 Å². The van der Waals surface area contributed by atoms with E-state index in [1.165, 1.54) is 0 Å². The molecule has 0 aliphatic heterocycles. The average Bonchev–Trinajstić information content (AvgIpc) is 2.38. The van der Waals surface area contributed by atoms with Gasteiger partial charge in [0.05, 0.1) is 5.69 Å². The maximum Gasteiger partial charge on any atom is 0.156 e. The Balaban J connectivity index is 3.11. The molecule has 1 atom stereocenters. The monoisotopic (exact) mass is 268 g/mol. The Hall–Kier alpha value is -0.810. The van der Waals surface area contributed by atoms with Crippen molar-refractivity contribution in [3.8, 4) is 0 Å². The molecule has 0 fully saturated rings. The molecule has 102 valence electrons. The van der Waals surface area contributed by atoms with Crippen molar-refractivity contribution in [3.63, 3.8) is 0 Å². The lowest BCUT2D eigenvalue weighted by Gasteiger charge is -2.29. The van der Waals surface area contributed by atoms with E-state index in [-0.39, 0.29) is 0 Å². The number of hydrogen-bond acceptors (Lipinski definition) is 5. The van der Waals surface area contributed by atoms with Gasteiger partial charge in [0.15, 0.2) is 5.82 Å². The molecule has 0 bridgehead atoms. The molecule has 2 N–H and O–H groups in total. The smallest absolute Gasteiger partial charge is 0.156 e. The normalized spacial score (nSPS) is 12.6. The van der Waals surface area contributed by atoms with E-state index in [0.29, 0.717) is 12.6 Å². The first-order chi connectivity index (χ1) is 8.56. The number of aryl methyl sites for hydroxylation is 1. The average molecular weight is 268 g/mol. The van der Waals surface area contributed by atoms with E-state index < -0.39 is 0 Å². The molecule has 0 saturated carbocycles. The lowest BCUT2D eigenvalue weighted by Crippen LogP contribution is -2.35. The number of hydrogen-bond donors (Lipinski definition) is 1. The summed E-state index contributed by atoms with van der Waals surface area (Å²) in [6, 6.07) is 0.474. The first kappa shape index (κ1) is 15.2. The molecular weight excluding hydrogens is 244 g/mol. The summed E-state index contributed by atoms with van der Waals surface area (Å²) in [6.07, 6.45) is 3.22. The van der Waals surface area contributed by atoms with Gasteiger partial charge in [-0.05, 0) is 32.1 Å². The Morgan fingerprint density at radius 1 is 1.33 bits per heavy atom. The Morgan fingerprint density at radius 2 is 2.00 bits per heavy atom. The minimum atomic E-state index is 0.474. The second-order valence-electron chi connectivity index (χ2n) is 4.55. The van der Waals surface area contributed by atoms with Crippen molar-refractivity contribution >= 4 is 17.6 Å². The number of aromatic nitrogens is 2. The molecule has 4 nitrogen and oxygen atoms in total. The highest BCUT2D eigenvalue weighted by Crippen LogP contribution is 2.24. The van der Waals surface area contributed by atoms with Gasteiger partial charge in [0.25, 0.3) is 0 Å². The van der Waals surface area contributed by atoms with Crippen molar-refractivity contribution in [1.29, 1.82) is 0 Å². The Bertz CT molecular complexity index is 395. The Labute approximate surface area is 114 Å². The third-order valence-electron chi connectivity index (χ3n) is 3.48. The van der Waals surface area contributed by atoms with Crippen LogP contribution in [-0.4, -0.2) is 35.3 Å². The summed E-state index contributed by atoms with van der Waals surface area (Å²) in [7, 11) is 2.09. The molecule has 0 radical (unpaired) electrons. The van der Waals surface area contributed by atoms with E-state index in [1.54, 1.807) is 0 Å². The number of anilines is 1. The first-order valence-corrected chi connectivity index (χ1v) is 7.70. The lowest BCUT2D eigenvalue weighted by molar-refractivity contribution is 0.655. The number of thioether (sulfide) groups is 1. The number of nitrogens with two attached hydrogens (primary N) is 1. The van der Waals surface area contributed by atoms with E-state index in [9.17, 15) is 0 Å². The van der Waals surface area contributed by atoms with Gasteiger partial charge in [-0.3, -0.25) is 0 Å². The van der Waals surface area contributed by atoms with Crippen LogP contribution in [0.2, 0.25) is 0 Å². The van der Waals surface area contributed by atoms with Crippen LogP contribution in [0.3, 0.4) is 0 Å². The van der Waals surface area contributed by atoms with Crippen molar-refractivity contribution in [2.75, 3.05) is 24.0 Å². The van der Waals surface area contributed by atoms with E-state index in [0.717, 1.165) is 34.8 Å². The molecule has 0 saturated heterocycles. The van der Waals surface area contributed by atoms with Gasteiger partial charge in [-0.15, -0.1) is 5.10 Å². The summed E-state index contributed by atoms with van der Waals surface area (Å²) in [5.74, 6) is 2.02. The molecule has 0 spiro atoms.